The van der Waals surface area contributed by atoms with Crippen molar-refractivity contribution in [2.24, 2.45) is 40.9 Å². The van der Waals surface area contributed by atoms with Crippen LogP contribution in [0.15, 0.2) is 191 Å². The number of nitro groups is 1. The molecule has 13 N–H and O–H groups in total. The highest BCUT2D eigenvalue weighted by Gasteiger charge is 2.40. The first-order valence-corrected chi connectivity index (χ1v) is 31.6. The van der Waals surface area contributed by atoms with E-state index in [9.17, 15) is 108 Å². The number of fused-ring (bicyclic) bond motifs is 2. The molecule has 0 saturated carbocycles. The van der Waals surface area contributed by atoms with E-state index in [1.807, 2.05) is 0 Å². The fourth-order valence-electron chi connectivity index (χ4n) is 7.98. The second kappa shape index (κ2) is 23.6. The van der Waals surface area contributed by atoms with Gasteiger partial charge in [-0.2, -0.15) is 71.6 Å². The Morgan fingerprint density at radius 3 is 1.31 bits per heavy atom. The maximum atomic E-state index is 14.0. The molecule has 0 aliphatic heterocycles. The lowest BCUT2D eigenvalue weighted by atomic mass is 9.92. The average molecular weight is 1330 g/mol. The maximum absolute atomic E-state index is 14.0. The number of non-ortho nitro benzene ring substituents is 1. The molecule has 0 aromatic heterocycles. The van der Waals surface area contributed by atoms with Crippen molar-refractivity contribution in [3.05, 3.63) is 172 Å². The number of carbonyl (C=O) groups is 2. The van der Waals surface area contributed by atoms with Gasteiger partial charge in [-0.3, -0.25) is 52.9 Å². The molecule has 0 fully saturated rings. The standard InChI is InChI=1S/C46H32N12O24S6/c47-39-37-23(15-33(85(71,72)73)41(39)53-49-25-7-11-29(12-8-25)57(61)62)17-35(87(77,78)79)43(45(37)59)55-51-27-5-3-21(31(19-27)83(65,66)67)1-2-22-4-6-28(20-32(22)84(68,69)70)52-56-44-36(88(80,81)82)18-24-16-34(86(74,75)76)42(40(48)38(24)46(44)60)54-50-26-9-13-30(14-10-26)58(63)64/h1-20,61-62H,(H10-,47,48,49,50,59,60,65,66,67,68,69,70,71,72,73,74,75,76,77,78,79,80,81,82)/p+1. The van der Waals surface area contributed by atoms with E-state index < -0.39 is 186 Å². The van der Waals surface area contributed by atoms with Gasteiger partial charge in [0.2, 0.25) is 16.5 Å². The molecule has 88 heavy (non-hydrogen) atoms. The molecule has 456 valence electrons. The van der Waals surface area contributed by atoms with E-state index in [4.69, 9.17) is 11.5 Å². The SMILES string of the molecule is Nc1c(N=Nc2ccc(N(O)O)cc2)c(S(=O)(=O)O)cc2c1C(=O)C(=NN=C1C=CC(=CC=C3C=CC(=NN=C4C(=O)c5c(cc(S(=O)(=O)O)c(N=Nc6ccc([N+](=O)[O-])cc6)c5N)C=C4S(=O)(=O)O)C=C3S(=O)(=O)O)C([S+](=O)(O)O)=C1)C(S(=O)(=O)O)=C2. The molecule has 42 heteroatoms. The number of nitro benzene ring substituents is 1. The topological polar surface area (TPSA) is 601 Å². The average Bonchev–Trinajstić information content (AvgIpc) is 0.771. The van der Waals surface area contributed by atoms with Gasteiger partial charge >= 0.3 is 10.5 Å². The van der Waals surface area contributed by atoms with Crippen LogP contribution in [0, 0.1) is 10.1 Å². The third-order valence-electron chi connectivity index (χ3n) is 11.9. The summed E-state index contributed by atoms with van der Waals surface area (Å²) in [5, 5.41) is 58.7. The number of hydrogen-bond acceptors (Lipinski definition) is 28. The van der Waals surface area contributed by atoms with Crippen LogP contribution in [0.25, 0.3) is 12.2 Å². The molecule has 0 heterocycles. The number of anilines is 3. The second-order valence-corrected chi connectivity index (χ2v) is 26.0. The van der Waals surface area contributed by atoms with Crippen molar-refractivity contribution in [1.29, 1.82) is 0 Å². The Balaban J connectivity index is 1.13. The highest BCUT2D eigenvalue weighted by molar-refractivity contribution is 7.96. The van der Waals surface area contributed by atoms with Crippen LogP contribution < -0.4 is 16.7 Å². The number of nitrogens with two attached hydrogens (primary N) is 2. The molecule has 0 atom stereocenters. The van der Waals surface area contributed by atoms with Gasteiger partial charge in [0.15, 0.2) is 11.4 Å². The molecule has 0 spiro atoms. The monoisotopic (exact) mass is 1330 g/mol. The number of Topliss-reactive ketones (excluding diaryl/α,β-unsaturated/α-hetero) is 2. The Kier molecular flexibility index (Phi) is 17.2. The van der Waals surface area contributed by atoms with Gasteiger partial charge in [0.1, 0.15) is 35.9 Å². The largest absolute Gasteiger partial charge is 0.396 e. The fraction of sp³-hybridized carbons (Fsp3) is 0. The van der Waals surface area contributed by atoms with E-state index in [1.54, 1.807) is 0 Å². The zero-order chi connectivity index (χ0) is 65.0. The number of azo groups is 2. The van der Waals surface area contributed by atoms with E-state index in [0.717, 1.165) is 85.0 Å². The molecular formula is C46H33N12O24S6+. The number of nitrogens with zero attached hydrogens (tertiary/aromatic N) is 10. The van der Waals surface area contributed by atoms with Crippen molar-refractivity contribution >= 4 is 153 Å². The Bertz CT molecular complexity index is 4950. The van der Waals surface area contributed by atoms with Crippen LogP contribution >= 0.6 is 0 Å². The first-order chi connectivity index (χ1) is 40.7. The minimum atomic E-state index is -5.51. The summed E-state index contributed by atoms with van der Waals surface area (Å²) in [4.78, 5) is 31.5. The first-order valence-electron chi connectivity index (χ1n) is 23.0. The fourth-order valence-corrected chi connectivity index (χ4v) is 12.0. The van der Waals surface area contributed by atoms with Gasteiger partial charge < -0.3 is 11.5 Å². The van der Waals surface area contributed by atoms with Crippen LogP contribution in [0.2, 0.25) is 0 Å². The maximum Gasteiger partial charge on any atom is 0.387 e. The Hall–Kier alpha value is -9.64. The molecule has 4 aliphatic rings. The summed E-state index contributed by atoms with van der Waals surface area (Å²) in [5.74, 6) is -2.98. The highest BCUT2D eigenvalue weighted by Crippen LogP contribution is 2.43. The van der Waals surface area contributed by atoms with E-state index in [-0.39, 0.29) is 28.0 Å². The van der Waals surface area contributed by atoms with Crippen molar-refractivity contribution in [2.75, 3.05) is 16.7 Å². The van der Waals surface area contributed by atoms with E-state index in [1.165, 1.54) is 0 Å². The number of nitrogen functional groups attached to an aromatic ring is 2. The summed E-state index contributed by atoms with van der Waals surface area (Å²) in [6, 6.07) is 9.83. The number of hydrogen-bond donors (Lipinski definition) is 11. The van der Waals surface area contributed by atoms with Crippen LogP contribution in [0.1, 0.15) is 31.8 Å². The van der Waals surface area contributed by atoms with Gasteiger partial charge in [-0.25, -0.2) is 0 Å². The van der Waals surface area contributed by atoms with Crippen LogP contribution in [0.3, 0.4) is 0 Å². The number of carbonyl (C=O) groups excluding carboxylic acids is 2. The molecule has 36 nitrogen and oxygen atoms in total. The smallest absolute Gasteiger partial charge is 0.387 e. The van der Waals surface area contributed by atoms with Crippen molar-refractivity contribution in [2.45, 2.75) is 9.79 Å². The summed E-state index contributed by atoms with van der Waals surface area (Å²) in [5.41, 5.74) is 0.833. The summed E-state index contributed by atoms with van der Waals surface area (Å²) in [6.45, 7) is 0. The number of rotatable bonds is 15. The van der Waals surface area contributed by atoms with Crippen molar-refractivity contribution in [3.63, 3.8) is 0 Å². The molecule has 4 aromatic rings. The highest BCUT2D eigenvalue weighted by atomic mass is 32.3. The first kappa shape index (κ1) is 64.4. The lowest BCUT2D eigenvalue weighted by Crippen LogP contribution is -2.27. The van der Waals surface area contributed by atoms with Gasteiger partial charge in [-0.1, -0.05) is 12.2 Å². The van der Waals surface area contributed by atoms with Gasteiger partial charge in [0, 0.05) is 23.8 Å². The lowest BCUT2D eigenvalue weighted by Gasteiger charge is -2.19. The zero-order valence-electron chi connectivity index (χ0n) is 42.8. The summed E-state index contributed by atoms with van der Waals surface area (Å²) in [6.07, 6.45) is 7.79. The minimum absolute atomic E-state index is 0.0788. The normalized spacial score (nSPS) is 18.8. The molecule has 0 unspecified atom stereocenters. The summed E-state index contributed by atoms with van der Waals surface area (Å²) < 4.78 is 210. The zero-order valence-corrected chi connectivity index (χ0v) is 47.7. The van der Waals surface area contributed by atoms with Crippen molar-refractivity contribution in [3.8, 4) is 0 Å². The molecule has 0 amide bonds. The molecule has 8 rings (SSSR count). The predicted molar refractivity (Wildman–Crippen MR) is 308 cm³/mol. The summed E-state index contributed by atoms with van der Waals surface area (Å²) >= 11 is 0. The Morgan fingerprint density at radius 2 is 0.920 bits per heavy atom. The molecule has 0 radical (unpaired) electrons. The van der Waals surface area contributed by atoms with Crippen LogP contribution in [0.4, 0.5) is 45.5 Å². The van der Waals surface area contributed by atoms with Crippen LogP contribution in [0.5, 0.6) is 0 Å². The van der Waals surface area contributed by atoms with Gasteiger partial charge in [0.25, 0.3) is 56.3 Å². The quantitative estimate of drug-likeness (QED) is 0.0165. The number of allylic oxidation sites excluding steroid dienone is 12. The summed E-state index contributed by atoms with van der Waals surface area (Å²) in [7, 11) is -32.1. The van der Waals surface area contributed by atoms with Crippen LogP contribution in [-0.4, -0.2) is 124 Å². The molecule has 4 aliphatic carbocycles. The van der Waals surface area contributed by atoms with E-state index in [2.05, 4.69) is 40.9 Å². The van der Waals surface area contributed by atoms with Crippen LogP contribution in [-0.2, 0) is 65.3 Å². The Morgan fingerprint density at radius 1 is 0.523 bits per heavy atom. The molecule has 0 bridgehead atoms. The van der Waals surface area contributed by atoms with E-state index in [0.29, 0.717) is 36.4 Å². The number of ketones is 2. The third kappa shape index (κ3) is 13.8. The Labute approximate surface area is 493 Å². The lowest BCUT2D eigenvalue weighted by molar-refractivity contribution is -0.384. The molecule has 0 saturated heterocycles. The number of benzene rings is 4. The van der Waals surface area contributed by atoms with E-state index >= 15 is 0 Å². The molecule has 4 aromatic carbocycles. The van der Waals surface area contributed by atoms with Crippen molar-refractivity contribution < 1.29 is 103 Å². The molecular weight excluding hydrogens is 1300 g/mol. The second-order valence-electron chi connectivity index (χ2n) is 17.6. The third-order valence-corrected chi connectivity index (χ3v) is 17.2. The van der Waals surface area contributed by atoms with Gasteiger partial charge in [0.05, 0.1) is 55.9 Å². The van der Waals surface area contributed by atoms with Crippen molar-refractivity contribution in [1.82, 2.24) is 0 Å². The predicted octanol–water partition coefficient (Wildman–Crippen LogP) is 5.91. The van der Waals surface area contributed by atoms with Gasteiger partial charge in [-0.15, -0.1) is 25.7 Å². The minimum Gasteiger partial charge on any atom is -0.396 e. The van der Waals surface area contributed by atoms with Gasteiger partial charge in [-0.05, 0) is 112 Å².